The van der Waals surface area contributed by atoms with Crippen LogP contribution in [-0.2, 0) is 27.3 Å². The topological polar surface area (TPSA) is 57.2 Å². The molecule has 6 nitrogen and oxygen atoms in total. The van der Waals surface area contributed by atoms with Crippen LogP contribution in [0.15, 0.2) is 48.5 Å². The summed E-state index contributed by atoms with van der Waals surface area (Å²) in [6.45, 7) is 4.79. The molecule has 0 spiro atoms. The van der Waals surface area contributed by atoms with Gasteiger partial charge < -0.3 is 23.8 Å². The molecule has 1 fully saturated rings. The molecule has 0 saturated carbocycles. The Bertz CT molecular complexity index is 885. The number of methoxy groups -OCH3 is 2. The van der Waals surface area contributed by atoms with E-state index in [4.69, 9.17) is 18.9 Å². The molecule has 6 heteroatoms. The molecule has 0 aliphatic carbocycles. The maximum atomic E-state index is 12.8. The molecule has 0 bridgehead atoms. The Morgan fingerprint density at radius 2 is 1.68 bits per heavy atom. The number of ether oxygens (including phenoxy) is 4. The van der Waals surface area contributed by atoms with Crippen molar-refractivity contribution in [2.75, 3.05) is 40.5 Å². The third-order valence-electron chi connectivity index (χ3n) is 5.20. The molecule has 0 N–H and O–H groups in total. The van der Waals surface area contributed by atoms with Crippen molar-refractivity contribution in [3.8, 4) is 11.5 Å². The number of hydrogen-bond acceptors (Lipinski definition) is 5. The predicted molar refractivity (Wildman–Crippen MR) is 120 cm³/mol. The van der Waals surface area contributed by atoms with Gasteiger partial charge in [-0.2, -0.15) is 0 Å². The van der Waals surface area contributed by atoms with Crippen LogP contribution in [0.25, 0.3) is 5.76 Å². The molecule has 0 radical (unpaired) electrons. The number of morpholine rings is 1. The van der Waals surface area contributed by atoms with E-state index in [1.807, 2.05) is 18.2 Å². The summed E-state index contributed by atoms with van der Waals surface area (Å²) in [5.41, 5.74) is 3.11. The first-order chi connectivity index (χ1) is 15.1. The number of benzene rings is 2. The van der Waals surface area contributed by atoms with Crippen molar-refractivity contribution < 1.29 is 23.7 Å². The second-order valence-electron chi connectivity index (χ2n) is 7.37. The first kappa shape index (κ1) is 22.7. The zero-order valence-electron chi connectivity index (χ0n) is 18.6. The van der Waals surface area contributed by atoms with E-state index in [9.17, 15) is 4.79 Å². The molecule has 0 atom stereocenters. The molecule has 1 heterocycles. The second kappa shape index (κ2) is 11.4. The van der Waals surface area contributed by atoms with Crippen LogP contribution in [-0.4, -0.2) is 51.3 Å². The lowest BCUT2D eigenvalue weighted by Gasteiger charge is -2.26. The van der Waals surface area contributed by atoms with Crippen molar-refractivity contribution in [1.82, 2.24) is 4.90 Å². The van der Waals surface area contributed by atoms with Gasteiger partial charge in [0.05, 0.1) is 27.4 Å². The minimum Gasteiger partial charge on any atom is -0.493 e. The van der Waals surface area contributed by atoms with Gasteiger partial charge in [0.1, 0.15) is 12.4 Å². The second-order valence-corrected chi connectivity index (χ2v) is 7.37. The Morgan fingerprint density at radius 1 is 1.00 bits per heavy atom. The highest BCUT2D eigenvalue weighted by atomic mass is 16.5. The van der Waals surface area contributed by atoms with E-state index in [1.54, 1.807) is 25.2 Å². The van der Waals surface area contributed by atoms with E-state index < -0.39 is 0 Å². The third-order valence-corrected chi connectivity index (χ3v) is 5.20. The minimum atomic E-state index is -0.0913. The van der Waals surface area contributed by atoms with Crippen LogP contribution in [0.5, 0.6) is 11.5 Å². The fourth-order valence-corrected chi connectivity index (χ4v) is 3.44. The number of hydrogen-bond donors (Lipinski definition) is 0. The lowest BCUT2D eigenvalue weighted by molar-refractivity contribution is -0.130. The summed E-state index contributed by atoms with van der Waals surface area (Å²) in [6, 6.07) is 13.9. The maximum Gasteiger partial charge on any atom is 0.250 e. The molecule has 1 amide bonds. The zero-order valence-corrected chi connectivity index (χ0v) is 18.6. The number of carbonyl (C=O) groups is 1. The molecule has 0 aromatic heterocycles. The summed E-state index contributed by atoms with van der Waals surface area (Å²) in [5.74, 6) is 1.61. The summed E-state index contributed by atoms with van der Waals surface area (Å²) < 4.78 is 22.2. The van der Waals surface area contributed by atoms with E-state index in [-0.39, 0.29) is 5.91 Å². The highest BCUT2D eigenvalue weighted by Gasteiger charge is 2.18. The Morgan fingerprint density at radius 3 is 2.32 bits per heavy atom. The highest BCUT2D eigenvalue weighted by molar-refractivity contribution is 5.94. The van der Waals surface area contributed by atoms with Crippen LogP contribution in [0.4, 0.5) is 0 Å². The van der Waals surface area contributed by atoms with Gasteiger partial charge in [0.25, 0.3) is 0 Å². The van der Waals surface area contributed by atoms with Crippen molar-refractivity contribution >= 4 is 11.7 Å². The lowest BCUT2D eigenvalue weighted by atomic mass is 10.1. The van der Waals surface area contributed by atoms with Crippen molar-refractivity contribution in [1.29, 1.82) is 0 Å². The summed E-state index contributed by atoms with van der Waals surface area (Å²) in [7, 11) is 3.18. The van der Waals surface area contributed by atoms with Crippen LogP contribution >= 0.6 is 0 Å². The summed E-state index contributed by atoms with van der Waals surface area (Å²) in [4.78, 5) is 14.6. The van der Waals surface area contributed by atoms with Gasteiger partial charge in [0, 0.05) is 24.7 Å². The van der Waals surface area contributed by atoms with E-state index in [0.29, 0.717) is 50.2 Å². The normalized spacial score (nSPS) is 14.3. The number of nitrogens with zero attached hydrogens (tertiary/aromatic N) is 1. The number of rotatable bonds is 9. The van der Waals surface area contributed by atoms with Crippen LogP contribution in [0.3, 0.4) is 0 Å². The molecule has 1 saturated heterocycles. The summed E-state index contributed by atoms with van der Waals surface area (Å²) >= 11 is 0. The molecular weight excluding hydrogens is 394 g/mol. The standard InChI is InChI=1S/C25H31NO5/c1-4-5-19-6-8-20(9-7-19)18-31-23(17-25(27)26-12-14-30-15-13-26)21-10-11-22(28-2)24(16-21)29-3/h6-11,16-17H,4-5,12-15,18H2,1-3H3. The Hall–Kier alpha value is -2.99. The quantitative estimate of drug-likeness (QED) is 0.448. The first-order valence-corrected chi connectivity index (χ1v) is 10.7. The molecule has 1 aliphatic rings. The van der Waals surface area contributed by atoms with E-state index in [1.165, 1.54) is 5.56 Å². The smallest absolute Gasteiger partial charge is 0.250 e. The predicted octanol–water partition coefficient (Wildman–Crippen LogP) is 4.07. The van der Waals surface area contributed by atoms with E-state index in [2.05, 4.69) is 31.2 Å². The van der Waals surface area contributed by atoms with Gasteiger partial charge in [0.15, 0.2) is 11.5 Å². The molecule has 0 unspecified atom stereocenters. The van der Waals surface area contributed by atoms with Crippen LogP contribution in [0.1, 0.15) is 30.0 Å². The molecule has 3 rings (SSSR count). The van der Waals surface area contributed by atoms with Gasteiger partial charge in [-0.15, -0.1) is 0 Å². The highest BCUT2D eigenvalue weighted by Crippen LogP contribution is 2.31. The van der Waals surface area contributed by atoms with Gasteiger partial charge in [-0.3, -0.25) is 4.79 Å². The average molecular weight is 426 g/mol. The van der Waals surface area contributed by atoms with Crippen LogP contribution < -0.4 is 9.47 Å². The SMILES string of the molecule is CCCc1ccc(COC(=CC(=O)N2CCOCC2)c2ccc(OC)c(OC)c2)cc1. The molecule has 166 valence electrons. The minimum absolute atomic E-state index is 0.0913. The fraction of sp³-hybridized carbons (Fsp3) is 0.400. The lowest BCUT2D eigenvalue weighted by Crippen LogP contribution is -2.39. The third kappa shape index (κ3) is 6.25. The van der Waals surface area contributed by atoms with E-state index >= 15 is 0 Å². The molecule has 2 aromatic carbocycles. The van der Waals surface area contributed by atoms with Crippen molar-refractivity contribution in [2.24, 2.45) is 0 Å². The molecule has 31 heavy (non-hydrogen) atoms. The number of aryl methyl sites for hydroxylation is 1. The largest absolute Gasteiger partial charge is 0.493 e. The van der Waals surface area contributed by atoms with Gasteiger partial charge in [0.2, 0.25) is 5.91 Å². The fourth-order valence-electron chi connectivity index (χ4n) is 3.44. The summed E-state index contributed by atoms with van der Waals surface area (Å²) in [5, 5.41) is 0. The van der Waals surface area contributed by atoms with Crippen LogP contribution in [0.2, 0.25) is 0 Å². The van der Waals surface area contributed by atoms with Gasteiger partial charge in [-0.25, -0.2) is 0 Å². The van der Waals surface area contributed by atoms with Crippen molar-refractivity contribution in [2.45, 2.75) is 26.4 Å². The van der Waals surface area contributed by atoms with Gasteiger partial charge in [-0.1, -0.05) is 37.6 Å². The molecular formula is C25H31NO5. The summed E-state index contributed by atoms with van der Waals surface area (Å²) in [6.07, 6.45) is 3.73. The first-order valence-electron chi connectivity index (χ1n) is 10.7. The molecule has 2 aromatic rings. The molecule has 1 aliphatic heterocycles. The maximum absolute atomic E-state index is 12.8. The van der Waals surface area contributed by atoms with Gasteiger partial charge in [-0.05, 0) is 35.7 Å². The number of amides is 1. The zero-order chi connectivity index (χ0) is 22.1. The van der Waals surface area contributed by atoms with E-state index in [0.717, 1.165) is 24.0 Å². The van der Waals surface area contributed by atoms with Crippen molar-refractivity contribution in [3.05, 3.63) is 65.2 Å². The monoisotopic (exact) mass is 425 g/mol. The Balaban J connectivity index is 1.83. The number of carbonyl (C=O) groups excluding carboxylic acids is 1. The Kier molecular flexibility index (Phi) is 8.35. The van der Waals surface area contributed by atoms with Crippen LogP contribution in [0, 0.1) is 0 Å². The van der Waals surface area contributed by atoms with Gasteiger partial charge >= 0.3 is 0 Å². The average Bonchev–Trinajstić information content (AvgIpc) is 2.82. The van der Waals surface area contributed by atoms with Crippen molar-refractivity contribution in [3.63, 3.8) is 0 Å². The Labute approximate surface area is 184 Å².